The standard InChI is InChI=1S/C22H20FO2P/c23-17-9-16-22(24)25-20-14-7-8-15-21(20)26(18-10-3-1-4-11-18)19-12-5-2-6-13-19/h1-8,10-15H,9,16-17H2/i23-1. The summed E-state index contributed by atoms with van der Waals surface area (Å²) in [5.41, 5.74) is 0. The number of halogens is 1. The van der Waals surface area contributed by atoms with Crippen molar-refractivity contribution in [3.05, 3.63) is 84.9 Å². The highest BCUT2D eigenvalue weighted by Gasteiger charge is 2.21. The predicted octanol–water partition coefficient (Wildman–Crippen LogP) is 4.10. The number of benzene rings is 3. The summed E-state index contributed by atoms with van der Waals surface area (Å²) >= 11 is 0. The maximum absolute atomic E-state index is 12.3. The van der Waals surface area contributed by atoms with Gasteiger partial charge in [0.15, 0.2) is 0 Å². The molecule has 0 aliphatic rings. The van der Waals surface area contributed by atoms with Crippen molar-refractivity contribution >= 4 is 29.8 Å². The smallest absolute Gasteiger partial charge is 0.311 e. The lowest BCUT2D eigenvalue weighted by Gasteiger charge is -2.21. The lowest BCUT2D eigenvalue weighted by Crippen LogP contribution is -2.23. The van der Waals surface area contributed by atoms with Gasteiger partial charge in [-0.05, 0) is 31.0 Å². The maximum Gasteiger partial charge on any atom is 0.311 e. The molecule has 3 aromatic rings. The number of esters is 1. The topological polar surface area (TPSA) is 26.3 Å². The van der Waals surface area contributed by atoms with Crippen LogP contribution in [0.2, 0.25) is 0 Å². The molecule has 0 heterocycles. The van der Waals surface area contributed by atoms with Crippen LogP contribution in [0.4, 0.5) is 4.39 Å². The van der Waals surface area contributed by atoms with Gasteiger partial charge in [0.1, 0.15) is 5.75 Å². The van der Waals surface area contributed by atoms with Crippen LogP contribution in [-0.2, 0) is 4.79 Å². The van der Waals surface area contributed by atoms with E-state index in [0.717, 1.165) is 5.30 Å². The molecule has 0 unspecified atom stereocenters. The Morgan fingerprint density at radius 1 is 0.808 bits per heavy atom. The fourth-order valence-corrected chi connectivity index (χ4v) is 5.07. The van der Waals surface area contributed by atoms with Crippen LogP contribution in [0.3, 0.4) is 0 Å². The molecule has 0 bridgehead atoms. The SMILES string of the molecule is O=C(CCC[18F])Oc1ccccc1P(c1ccccc1)c1ccccc1. The number of alkyl halides is 1. The van der Waals surface area contributed by atoms with Crippen molar-refractivity contribution in [2.45, 2.75) is 12.8 Å². The highest BCUT2D eigenvalue weighted by Crippen LogP contribution is 2.36. The van der Waals surface area contributed by atoms with Crippen molar-refractivity contribution < 1.29 is 13.9 Å². The van der Waals surface area contributed by atoms with Crippen LogP contribution in [0, 0.1) is 0 Å². The van der Waals surface area contributed by atoms with Crippen LogP contribution in [-0.4, -0.2) is 12.6 Å². The minimum absolute atomic E-state index is 0.0828. The quantitative estimate of drug-likeness (QED) is 0.358. The normalized spacial score (nSPS) is 10.7. The molecule has 0 radical (unpaired) electrons. The van der Waals surface area contributed by atoms with E-state index in [4.69, 9.17) is 4.74 Å². The molecule has 0 amide bonds. The molecule has 0 spiro atoms. The molecular weight excluding hydrogens is 345 g/mol. The first-order valence-electron chi connectivity index (χ1n) is 8.55. The molecule has 3 rings (SSSR count). The van der Waals surface area contributed by atoms with Crippen LogP contribution >= 0.6 is 7.92 Å². The van der Waals surface area contributed by atoms with Crippen molar-refractivity contribution in [2.75, 3.05) is 6.67 Å². The molecule has 0 atom stereocenters. The van der Waals surface area contributed by atoms with Crippen LogP contribution in [0.25, 0.3) is 0 Å². The lowest BCUT2D eigenvalue weighted by atomic mass is 10.3. The largest absolute Gasteiger partial charge is 0.426 e. The van der Waals surface area contributed by atoms with E-state index in [1.165, 1.54) is 10.6 Å². The van der Waals surface area contributed by atoms with Gasteiger partial charge in [0.05, 0.1) is 6.67 Å². The van der Waals surface area contributed by atoms with Gasteiger partial charge in [-0.2, -0.15) is 0 Å². The van der Waals surface area contributed by atoms with E-state index < -0.39 is 20.6 Å². The second-order valence-electron chi connectivity index (χ2n) is 5.74. The van der Waals surface area contributed by atoms with Gasteiger partial charge in [-0.1, -0.05) is 78.9 Å². The van der Waals surface area contributed by atoms with E-state index in [2.05, 4.69) is 24.3 Å². The number of para-hydroxylation sites is 1. The highest BCUT2D eigenvalue weighted by molar-refractivity contribution is 7.80. The number of carbonyl (C=O) groups is 1. The van der Waals surface area contributed by atoms with Gasteiger partial charge in [-0.25, -0.2) is 0 Å². The zero-order chi connectivity index (χ0) is 18.2. The summed E-state index contributed by atoms with van der Waals surface area (Å²) < 4.78 is 17.9. The van der Waals surface area contributed by atoms with Crippen molar-refractivity contribution in [3.63, 3.8) is 0 Å². The minimum atomic E-state index is -0.862. The summed E-state index contributed by atoms with van der Waals surface area (Å²) in [7, 11) is -0.862. The van der Waals surface area contributed by atoms with E-state index in [0.29, 0.717) is 5.75 Å². The summed E-state index contributed by atoms with van der Waals surface area (Å²) in [6.45, 7) is -0.516. The summed E-state index contributed by atoms with van der Waals surface area (Å²) in [6, 6.07) is 28.1. The van der Waals surface area contributed by atoms with Crippen LogP contribution in [0.5, 0.6) is 5.75 Å². The monoisotopic (exact) mass is 365 g/mol. The molecule has 0 saturated carbocycles. The summed E-state index contributed by atoms with van der Waals surface area (Å²) in [6.07, 6.45) is 0.270. The molecule has 3 aromatic carbocycles. The Hall–Kier alpha value is -2.51. The van der Waals surface area contributed by atoms with Gasteiger partial charge in [-0.3, -0.25) is 9.18 Å². The molecule has 132 valence electrons. The molecular formula is C22H20FO2P. The first-order valence-corrected chi connectivity index (χ1v) is 9.89. The number of hydrogen-bond donors (Lipinski definition) is 0. The van der Waals surface area contributed by atoms with Crippen LogP contribution < -0.4 is 20.7 Å². The molecule has 0 saturated heterocycles. The zero-order valence-electron chi connectivity index (χ0n) is 14.3. The Labute approximate surface area is 154 Å². The van der Waals surface area contributed by atoms with Crippen LogP contribution in [0.15, 0.2) is 84.9 Å². The van der Waals surface area contributed by atoms with Gasteiger partial charge < -0.3 is 4.74 Å². The number of carbonyl (C=O) groups excluding carboxylic acids is 1. The molecule has 2 nitrogen and oxygen atoms in total. The third kappa shape index (κ3) is 4.56. The molecule has 0 aromatic heterocycles. The van der Waals surface area contributed by atoms with Crippen molar-refractivity contribution in [1.82, 2.24) is 0 Å². The Kier molecular flexibility index (Phi) is 6.51. The van der Waals surface area contributed by atoms with E-state index in [1.807, 2.05) is 60.7 Å². The first kappa shape index (κ1) is 18.3. The average molecular weight is 365 g/mol. The highest BCUT2D eigenvalue weighted by atomic mass is 31.1. The zero-order valence-corrected chi connectivity index (χ0v) is 15.2. The summed E-state index contributed by atoms with van der Waals surface area (Å²) in [5, 5.41) is 3.34. The van der Waals surface area contributed by atoms with Gasteiger partial charge in [0, 0.05) is 11.7 Å². The Bertz CT molecular complexity index is 798. The first-order chi connectivity index (χ1) is 12.8. The third-order valence-electron chi connectivity index (χ3n) is 3.87. The van der Waals surface area contributed by atoms with Gasteiger partial charge in [0.25, 0.3) is 0 Å². The van der Waals surface area contributed by atoms with E-state index in [-0.39, 0.29) is 12.8 Å². The molecule has 26 heavy (non-hydrogen) atoms. The second-order valence-corrected chi connectivity index (χ2v) is 7.93. The molecule has 0 fully saturated rings. The summed E-state index contributed by atoms with van der Waals surface area (Å²) in [4.78, 5) is 12.0. The van der Waals surface area contributed by atoms with Gasteiger partial charge in [0.2, 0.25) is 0 Å². The van der Waals surface area contributed by atoms with Crippen molar-refractivity contribution in [3.8, 4) is 5.75 Å². The number of rotatable bonds is 7. The van der Waals surface area contributed by atoms with Crippen molar-refractivity contribution in [1.29, 1.82) is 0 Å². The van der Waals surface area contributed by atoms with Crippen LogP contribution in [0.1, 0.15) is 12.8 Å². The van der Waals surface area contributed by atoms with E-state index in [1.54, 1.807) is 0 Å². The van der Waals surface area contributed by atoms with Gasteiger partial charge >= 0.3 is 5.97 Å². The third-order valence-corrected chi connectivity index (χ3v) is 6.35. The van der Waals surface area contributed by atoms with E-state index in [9.17, 15) is 9.18 Å². The Balaban J connectivity index is 2.01. The fraction of sp³-hybridized carbons (Fsp3) is 0.136. The molecule has 0 aliphatic heterocycles. The molecule has 0 N–H and O–H groups in total. The Morgan fingerprint density at radius 2 is 1.35 bits per heavy atom. The Morgan fingerprint density at radius 3 is 1.92 bits per heavy atom. The second kappa shape index (κ2) is 9.26. The predicted molar refractivity (Wildman–Crippen MR) is 106 cm³/mol. The average Bonchev–Trinajstić information content (AvgIpc) is 2.69. The maximum atomic E-state index is 12.3. The summed E-state index contributed by atoms with van der Waals surface area (Å²) in [5.74, 6) is 0.154. The van der Waals surface area contributed by atoms with E-state index >= 15 is 0 Å². The van der Waals surface area contributed by atoms with Crippen molar-refractivity contribution in [2.24, 2.45) is 0 Å². The van der Waals surface area contributed by atoms with Gasteiger partial charge in [-0.15, -0.1) is 0 Å². The molecule has 4 heteroatoms. The molecule has 0 aliphatic carbocycles. The lowest BCUT2D eigenvalue weighted by molar-refractivity contribution is -0.134. The minimum Gasteiger partial charge on any atom is -0.426 e. The fourth-order valence-electron chi connectivity index (χ4n) is 2.69. The number of ether oxygens (including phenoxy) is 1. The number of hydrogen-bond acceptors (Lipinski definition) is 2.